The number of aryl methyl sites for hydroxylation is 1. The van der Waals surface area contributed by atoms with Crippen molar-refractivity contribution in [3.05, 3.63) is 48.0 Å². The number of nitrogens with one attached hydrogen (secondary N) is 1. The van der Waals surface area contributed by atoms with Gasteiger partial charge in [-0.2, -0.15) is 18.3 Å². The molecule has 0 aliphatic carbocycles. The second-order valence-electron chi connectivity index (χ2n) is 4.42. The van der Waals surface area contributed by atoms with Gasteiger partial charge in [-0.25, -0.2) is 4.98 Å². The van der Waals surface area contributed by atoms with E-state index in [1.165, 1.54) is 23.1 Å². The first kappa shape index (κ1) is 14.5. The fraction of sp³-hybridized carbons (Fsp3) is 0.385. The molecule has 0 bridgehead atoms. The monoisotopic (exact) mass is 284 g/mol. The number of hydrogen-bond donors (Lipinski definition) is 1. The Morgan fingerprint density at radius 2 is 1.95 bits per heavy atom. The van der Waals surface area contributed by atoms with Crippen LogP contribution in [0.25, 0.3) is 0 Å². The fourth-order valence-electron chi connectivity index (χ4n) is 1.89. The van der Waals surface area contributed by atoms with E-state index in [2.05, 4.69) is 15.4 Å². The van der Waals surface area contributed by atoms with Gasteiger partial charge in [-0.1, -0.05) is 30.3 Å². The van der Waals surface area contributed by atoms with Gasteiger partial charge in [0.2, 0.25) is 0 Å². The summed E-state index contributed by atoms with van der Waals surface area (Å²) in [6.07, 6.45) is -2.47. The van der Waals surface area contributed by atoms with Gasteiger partial charge in [0.1, 0.15) is 12.4 Å². The van der Waals surface area contributed by atoms with E-state index < -0.39 is 12.2 Å². The predicted molar refractivity (Wildman–Crippen MR) is 67.9 cm³/mol. The third kappa shape index (κ3) is 3.80. The van der Waals surface area contributed by atoms with Gasteiger partial charge in [-0.15, -0.1) is 0 Å². The molecule has 2 rings (SSSR count). The third-order valence-corrected chi connectivity index (χ3v) is 2.80. The lowest BCUT2D eigenvalue weighted by molar-refractivity contribution is -0.157. The second kappa shape index (κ2) is 6.04. The summed E-state index contributed by atoms with van der Waals surface area (Å²) >= 11 is 0. The van der Waals surface area contributed by atoms with Crippen molar-refractivity contribution < 1.29 is 13.2 Å². The van der Waals surface area contributed by atoms with Gasteiger partial charge in [-0.05, 0) is 5.56 Å². The molecule has 4 nitrogen and oxygen atoms in total. The highest BCUT2D eigenvalue weighted by Gasteiger charge is 2.40. The van der Waals surface area contributed by atoms with Crippen LogP contribution in [0.3, 0.4) is 0 Å². The molecule has 2 aromatic rings. The number of hydrogen-bond acceptors (Lipinski definition) is 3. The SMILES string of the molecule is Cn1cnc(CCNC(c2ccccc2)C(F)(F)F)n1. The summed E-state index contributed by atoms with van der Waals surface area (Å²) in [4.78, 5) is 3.98. The molecule has 0 amide bonds. The van der Waals surface area contributed by atoms with Crippen LogP contribution in [-0.4, -0.2) is 27.5 Å². The van der Waals surface area contributed by atoms with E-state index >= 15 is 0 Å². The van der Waals surface area contributed by atoms with E-state index in [1.807, 2.05) is 0 Å². The highest BCUT2D eigenvalue weighted by Crippen LogP contribution is 2.32. The second-order valence-corrected chi connectivity index (χ2v) is 4.42. The number of rotatable bonds is 5. The topological polar surface area (TPSA) is 42.7 Å². The molecule has 0 saturated heterocycles. The van der Waals surface area contributed by atoms with Crippen LogP contribution in [0, 0.1) is 0 Å². The van der Waals surface area contributed by atoms with Crippen molar-refractivity contribution in [2.75, 3.05) is 6.54 Å². The fourth-order valence-corrected chi connectivity index (χ4v) is 1.89. The first-order chi connectivity index (χ1) is 9.47. The van der Waals surface area contributed by atoms with Gasteiger partial charge in [0.05, 0.1) is 0 Å². The van der Waals surface area contributed by atoms with Gasteiger partial charge in [0, 0.05) is 20.0 Å². The zero-order valence-corrected chi connectivity index (χ0v) is 10.9. The first-order valence-corrected chi connectivity index (χ1v) is 6.16. The van der Waals surface area contributed by atoms with E-state index in [4.69, 9.17) is 0 Å². The molecule has 1 atom stereocenters. The number of benzene rings is 1. The highest BCUT2D eigenvalue weighted by atomic mass is 19.4. The van der Waals surface area contributed by atoms with Gasteiger partial charge in [-0.3, -0.25) is 4.68 Å². The summed E-state index contributed by atoms with van der Waals surface area (Å²) in [5.41, 5.74) is 0.203. The third-order valence-electron chi connectivity index (χ3n) is 2.80. The Morgan fingerprint density at radius 1 is 1.25 bits per heavy atom. The van der Waals surface area contributed by atoms with Crippen LogP contribution in [0.4, 0.5) is 13.2 Å². The van der Waals surface area contributed by atoms with Crippen molar-refractivity contribution in [1.29, 1.82) is 0 Å². The van der Waals surface area contributed by atoms with Crippen molar-refractivity contribution in [3.63, 3.8) is 0 Å². The molecule has 108 valence electrons. The minimum atomic E-state index is -4.33. The van der Waals surface area contributed by atoms with E-state index in [0.29, 0.717) is 12.2 Å². The maximum absolute atomic E-state index is 13.0. The molecule has 1 aromatic carbocycles. The van der Waals surface area contributed by atoms with Crippen LogP contribution < -0.4 is 5.32 Å². The van der Waals surface area contributed by atoms with Crippen molar-refractivity contribution in [3.8, 4) is 0 Å². The minimum Gasteiger partial charge on any atom is -0.302 e. The Balaban J connectivity index is 1.99. The van der Waals surface area contributed by atoms with Crippen LogP contribution >= 0.6 is 0 Å². The average Bonchev–Trinajstić information content (AvgIpc) is 2.80. The molecule has 0 saturated carbocycles. The molecule has 0 aliphatic heterocycles. The van der Waals surface area contributed by atoms with Crippen LogP contribution in [0.1, 0.15) is 17.4 Å². The predicted octanol–water partition coefficient (Wildman–Crippen LogP) is 2.25. The van der Waals surface area contributed by atoms with Crippen LogP contribution in [-0.2, 0) is 13.5 Å². The average molecular weight is 284 g/mol. The Labute approximate surface area is 114 Å². The normalized spacial score (nSPS) is 13.4. The lowest BCUT2D eigenvalue weighted by Gasteiger charge is -2.21. The molecule has 20 heavy (non-hydrogen) atoms. The highest BCUT2D eigenvalue weighted by molar-refractivity contribution is 5.20. The Kier molecular flexibility index (Phi) is 4.39. The summed E-state index contributed by atoms with van der Waals surface area (Å²) in [7, 11) is 1.71. The van der Waals surface area contributed by atoms with Crippen LogP contribution in [0.15, 0.2) is 36.7 Å². The summed E-state index contributed by atoms with van der Waals surface area (Å²) in [6, 6.07) is 6.13. The Hall–Kier alpha value is -1.89. The molecular weight excluding hydrogens is 269 g/mol. The van der Waals surface area contributed by atoms with Gasteiger partial charge < -0.3 is 5.32 Å². The summed E-state index contributed by atoms with van der Waals surface area (Å²) in [5.74, 6) is 0.522. The van der Waals surface area contributed by atoms with E-state index in [0.717, 1.165) is 0 Å². The standard InChI is InChI=1S/C13H15F3N4/c1-20-9-18-11(19-20)7-8-17-12(13(14,15)16)10-5-3-2-4-6-10/h2-6,9,12,17H,7-8H2,1H3. The van der Waals surface area contributed by atoms with Gasteiger partial charge >= 0.3 is 6.18 Å². The maximum atomic E-state index is 13.0. The molecular formula is C13H15F3N4. The number of alkyl halides is 3. The zero-order valence-electron chi connectivity index (χ0n) is 10.9. The van der Waals surface area contributed by atoms with Crippen LogP contribution in [0.2, 0.25) is 0 Å². The summed E-state index contributed by atoms with van der Waals surface area (Å²) in [5, 5.41) is 6.55. The largest absolute Gasteiger partial charge is 0.407 e. The number of halogens is 3. The zero-order chi connectivity index (χ0) is 14.6. The van der Waals surface area contributed by atoms with E-state index in [1.54, 1.807) is 25.2 Å². The molecule has 1 N–H and O–H groups in total. The Bertz CT molecular complexity index is 536. The minimum absolute atomic E-state index is 0.156. The molecule has 1 heterocycles. The quantitative estimate of drug-likeness (QED) is 0.915. The van der Waals surface area contributed by atoms with Crippen molar-refractivity contribution in [1.82, 2.24) is 20.1 Å². The molecule has 0 radical (unpaired) electrons. The van der Waals surface area contributed by atoms with Crippen LogP contribution in [0.5, 0.6) is 0 Å². The molecule has 1 aromatic heterocycles. The molecule has 0 spiro atoms. The maximum Gasteiger partial charge on any atom is 0.407 e. The molecule has 0 fully saturated rings. The summed E-state index contributed by atoms with van der Waals surface area (Å²) < 4.78 is 40.6. The number of aromatic nitrogens is 3. The lowest BCUT2D eigenvalue weighted by atomic mass is 10.1. The molecule has 7 heteroatoms. The molecule has 0 aliphatic rings. The van der Waals surface area contributed by atoms with E-state index in [-0.39, 0.29) is 12.1 Å². The van der Waals surface area contributed by atoms with Crippen molar-refractivity contribution in [2.24, 2.45) is 7.05 Å². The molecule has 1 unspecified atom stereocenters. The Morgan fingerprint density at radius 3 is 2.50 bits per heavy atom. The first-order valence-electron chi connectivity index (χ1n) is 6.16. The van der Waals surface area contributed by atoms with Gasteiger partial charge in [0.25, 0.3) is 0 Å². The summed E-state index contributed by atoms with van der Waals surface area (Å²) in [6.45, 7) is 0.156. The van der Waals surface area contributed by atoms with Crippen molar-refractivity contribution in [2.45, 2.75) is 18.6 Å². The van der Waals surface area contributed by atoms with Gasteiger partial charge in [0.15, 0.2) is 5.82 Å². The number of nitrogens with zero attached hydrogens (tertiary/aromatic N) is 3. The smallest absolute Gasteiger partial charge is 0.302 e. The van der Waals surface area contributed by atoms with Crippen molar-refractivity contribution >= 4 is 0 Å². The van der Waals surface area contributed by atoms with E-state index in [9.17, 15) is 13.2 Å². The lowest BCUT2D eigenvalue weighted by Crippen LogP contribution is -2.35.